The van der Waals surface area contributed by atoms with Crippen LogP contribution in [0.2, 0.25) is 0 Å². The van der Waals surface area contributed by atoms with Gasteiger partial charge in [0, 0.05) is 11.1 Å². The molecule has 2 nitrogen and oxygen atoms in total. The lowest BCUT2D eigenvalue weighted by molar-refractivity contribution is -0.104. The number of hydrogen-bond donors (Lipinski definition) is 1. The van der Waals surface area contributed by atoms with E-state index in [2.05, 4.69) is 23.7 Å². The lowest BCUT2D eigenvalue weighted by atomic mass is 9.94. The van der Waals surface area contributed by atoms with Gasteiger partial charge in [-0.05, 0) is 36.1 Å². The first-order valence-electron chi connectivity index (χ1n) is 6.74. The van der Waals surface area contributed by atoms with Gasteiger partial charge in [-0.25, -0.2) is 0 Å². The zero-order chi connectivity index (χ0) is 15.7. The molecule has 0 aliphatic rings. The highest BCUT2D eigenvalue weighted by Crippen LogP contribution is 2.19. The third-order valence-corrected chi connectivity index (χ3v) is 2.86. The van der Waals surface area contributed by atoms with Crippen LogP contribution in [-0.2, 0) is 10.4 Å². The quantitative estimate of drug-likeness (QED) is 0.523. The standard InChI is InChI=1S/C20H14O2/c21-17-9-3-8-15-20(22,19-12-6-2-7-13-19)16-14-18-10-4-1-5-11-18/h1-7,9-13,17,22H. The Morgan fingerprint density at radius 2 is 1.55 bits per heavy atom. The minimum atomic E-state index is -1.59. The van der Waals surface area contributed by atoms with E-state index in [1.165, 1.54) is 12.2 Å². The molecule has 0 amide bonds. The lowest BCUT2D eigenvalue weighted by Gasteiger charge is -2.15. The summed E-state index contributed by atoms with van der Waals surface area (Å²) in [6, 6.07) is 18.4. The highest BCUT2D eigenvalue weighted by Gasteiger charge is 2.23. The van der Waals surface area contributed by atoms with E-state index in [1.54, 1.807) is 12.1 Å². The van der Waals surface area contributed by atoms with E-state index in [0.29, 0.717) is 11.8 Å². The van der Waals surface area contributed by atoms with Crippen LogP contribution in [0.25, 0.3) is 0 Å². The minimum absolute atomic E-state index is 0.588. The smallest absolute Gasteiger partial charge is 0.214 e. The fourth-order valence-electron chi connectivity index (χ4n) is 1.77. The number of carbonyl (C=O) groups excluding carboxylic acids is 1. The molecule has 2 heteroatoms. The van der Waals surface area contributed by atoms with Gasteiger partial charge in [0.1, 0.15) is 6.29 Å². The van der Waals surface area contributed by atoms with E-state index < -0.39 is 5.60 Å². The van der Waals surface area contributed by atoms with Gasteiger partial charge < -0.3 is 5.11 Å². The van der Waals surface area contributed by atoms with Crippen LogP contribution in [0.3, 0.4) is 0 Å². The van der Waals surface area contributed by atoms with Gasteiger partial charge in [-0.15, -0.1) is 0 Å². The van der Waals surface area contributed by atoms with Gasteiger partial charge in [-0.2, -0.15) is 0 Å². The summed E-state index contributed by atoms with van der Waals surface area (Å²) in [5.41, 5.74) is -0.211. The molecule has 1 unspecified atom stereocenters. The average molecular weight is 286 g/mol. The normalized spacial score (nSPS) is 12.4. The summed E-state index contributed by atoms with van der Waals surface area (Å²) >= 11 is 0. The van der Waals surface area contributed by atoms with Crippen molar-refractivity contribution in [3.63, 3.8) is 0 Å². The van der Waals surface area contributed by atoms with Crippen molar-refractivity contribution in [1.29, 1.82) is 0 Å². The topological polar surface area (TPSA) is 37.3 Å². The molecule has 0 radical (unpaired) electrons. The number of benzene rings is 2. The summed E-state index contributed by atoms with van der Waals surface area (Å²) in [5, 5.41) is 10.8. The highest BCUT2D eigenvalue weighted by molar-refractivity contribution is 5.65. The maximum absolute atomic E-state index is 10.8. The summed E-state index contributed by atoms with van der Waals surface area (Å²) in [5.74, 6) is 11.1. The molecule has 0 heterocycles. The van der Waals surface area contributed by atoms with Crippen molar-refractivity contribution in [2.24, 2.45) is 0 Å². The first-order valence-corrected chi connectivity index (χ1v) is 6.74. The van der Waals surface area contributed by atoms with E-state index in [4.69, 9.17) is 0 Å². The van der Waals surface area contributed by atoms with Crippen molar-refractivity contribution >= 4 is 6.29 Å². The number of aliphatic hydroxyl groups is 1. The molecule has 2 rings (SSSR count). The molecule has 0 saturated carbocycles. The molecule has 1 atom stereocenters. The van der Waals surface area contributed by atoms with Crippen LogP contribution in [-0.4, -0.2) is 11.4 Å². The third-order valence-electron chi connectivity index (χ3n) is 2.86. The van der Waals surface area contributed by atoms with E-state index in [9.17, 15) is 9.90 Å². The first-order chi connectivity index (χ1) is 10.7. The Morgan fingerprint density at radius 1 is 0.909 bits per heavy atom. The van der Waals surface area contributed by atoms with Gasteiger partial charge in [-0.1, -0.05) is 60.4 Å². The van der Waals surface area contributed by atoms with Gasteiger partial charge in [0.25, 0.3) is 0 Å². The number of allylic oxidation sites excluding steroid dienone is 2. The fourth-order valence-corrected chi connectivity index (χ4v) is 1.77. The summed E-state index contributed by atoms with van der Waals surface area (Å²) in [6.07, 6.45) is 3.28. The monoisotopic (exact) mass is 286 g/mol. The Hall–Kier alpha value is -3.07. The number of rotatable bonds is 2. The van der Waals surface area contributed by atoms with Crippen LogP contribution >= 0.6 is 0 Å². The van der Waals surface area contributed by atoms with E-state index in [0.717, 1.165) is 5.56 Å². The summed E-state index contributed by atoms with van der Waals surface area (Å²) in [4.78, 5) is 10.3. The molecule has 2 aromatic rings. The summed E-state index contributed by atoms with van der Waals surface area (Å²) in [6.45, 7) is 0. The van der Waals surface area contributed by atoms with Crippen molar-refractivity contribution < 1.29 is 9.90 Å². The zero-order valence-corrected chi connectivity index (χ0v) is 11.9. The van der Waals surface area contributed by atoms with Crippen molar-refractivity contribution in [2.45, 2.75) is 5.60 Å². The van der Waals surface area contributed by atoms with Crippen LogP contribution in [0.5, 0.6) is 0 Å². The zero-order valence-electron chi connectivity index (χ0n) is 11.9. The van der Waals surface area contributed by atoms with Gasteiger partial charge in [0.2, 0.25) is 5.60 Å². The first kappa shape index (κ1) is 15.3. The molecule has 106 valence electrons. The second-order valence-electron chi connectivity index (χ2n) is 4.46. The van der Waals surface area contributed by atoms with Crippen LogP contribution in [0.1, 0.15) is 11.1 Å². The Labute approximate surface area is 130 Å². The fraction of sp³-hybridized carbons (Fsp3) is 0.0500. The maximum atomic E-state index is 10.8. The van der Waals surface area contributed by atoms with Crippen LogP contribution in [0.4, 0.5) is 0 Å². The molecule has 0 spiro atoms. The molecular weight excluding hydrogens is 272 g/mol. The molecule has 2 aromatic carbocycles. The molecule has 0 aliphatic heterocycles. The van der Waals surface area contributed by atoms with E-state index >= 15 is 0 Å². The van der Waals surface area contributed by atoms with Crippen molar-refractivity contribution in [3.05, 3.63) is 83.9 Å². The molecule has 0 fully saturated rings. The summed E-state index contributed by atoms with van der Waals surface area (Å²) in [7, 11) is 0. The van der Waals surface area contributed by atoms with Crippen LogP contribution in [0.15, 0.2) is 72.8 Å². The Bertz CT molecular complexity index is 768. The van der Waals surface area contributed by atoms with Gasteiger partial charge >= 0.3 is 0 Å². The van der Waals surface area contributed by atoms with Crippen LogP contribution in [0, 0.1) is 23.7 Å². The number of aldehydes is 1. The predicted octanol–water partition coefficient (Wildman–Crippen LogP) is 2.68. The van der Waals surface area contributed by atoms with Crippen molar-refractivity contribution in [1.82, 2.24) is 0 Å². The Morgan fingerprint density at radius 3 is 2.18 bits per heavy atom. The summed E-state index contributed by atoms with van der Waals surface area (Å²) < 4.78 is 0. The van der Waals surface area contributed by atoms with Gasteiger partial charge in [-0.3, -0.25) is 4.79 Å². The molecule has 0 saturated heterocycles. The van der Waals surface area contributed by atoms with Crippen LogP contribution < -0.4 is 0 Å². The Kier molecular flexibility index (Phi) is 5.32. The number of carbonyl (C=O) groups is 1. The maximum Gasteiger partial charge on any atom is 0.214 e. The molecule has 22 heavy (non-hydrogen) atoms. The average Bonchev–Trinajstić information content (AvgIpc) is 2.59. The third kappa shape index (κ3) is 4.21. The SMILES string of the molecule is O=CC=CC#CC(O)(C#Cc1ccccc1)c1ccccc1. The molecule has 0 aliphatic carbocycles. The van der Waals surface area contributed by atoms with Gasteiger partial charge in [0.15, 0.2) is 0 Å². The van der Waals surface area contributed by atoms with Crippen molar-refractivity contribution in [3.8, 4) is 23.7 Å². The molecule has 0 bridgehead atoms. The van der Waals surface area contributed by atoms with E-state index in [-0.39, 0.29) is 0 Å². The minimum Gasteiger partial charge on any atom is -0.363 e. The predicted molar refractivity (Wildman–Crippen MR) is 86.6 cm³/mol. The van der Waals surface area contributed by atoms with E-state index in [1.807, 2.05) is 48.5 Å². The largest absolute Gasteiger partial charge is 0.363 e. The second-order valence-corrected chi connectivity index (χ2v) is 4.46. The molecule has 1 N–H and O–H groups in total. The number of hydrogen-bond acceptors (Lipinski definition) is 2. The molecule has 0 aromatic heterocycles. The highest BCUT2D eigenvalue weighted by atomic mass is 16.3. The van der Waals surface area contributed by atoms with Crippen molar-refractivity contribution in [2.75, 3.05) is 0 Å². The van der Waals surface area contributed by atoms with Gasteiger partial charge in [0.05, 0.1) is 0 Å². The Balaban J connectivity index is 2.42. The second kappa shape index (κ2) is 7.64. The lowest BCUT2D eigenvalue weighted by Crippen LogP contribution is -2.21. The molecular formula is C20H14O2.